The average molecular weight is 370 g/mol. The van der Waals surface area contributed by atoms with Gasteiger partial charge in [-0.25, -0.2) is 17.9 Å². The summed E-state index contributed by atoms with van der Waals surface area (Å²) in [5.41, 5.74) is 1.82. The third-order valence-electron chi connectivity index (χ3n) is 3.90. The zero-order chi connectivity index (χ0) is 18.8. The summed E-state index contributed by atoms with van der Waals surface area (Å²) < 4.78 is 30.4. The van der Waals surface area contributed by atoms with Crippen LogP contribution in [0.15, 0.2) is 12.1 Å². The molecule has 1 aliphatic rings. The fraction of sp³-hybridized carbons (Fsp3) is 0.500. The highest BCUT2D eigenvalue weighted by Crippen LogP contribution is 2.26. The third-order valence-corrected chi connectivity index (χ3v) is 4.66. The molecule has 0 bridgehead atoms. The average Bonchev–Trinajstić information content (AvgIpc) is 2.91. The Hall–Kier alpha value is -2.13. The number of ether oxygens (including phenoxy) is 1. The molecule has 0 aliphatic carbocycles. The van der Waals surface area contributed by atoms with Gasteiger partial charge in [0.2, 0.25) is 10.0 Å². The van der Waals surface area contributed by atoms with Crippen LogP contribution in [0.5, 0.6) is 5.75 Å². The summed E-state index contributed by atoms with van der Waals surface area (Å²) in [4.78, 5) is 24.9. The van der Waals surface area contributed by atoms with Crippen LogP contribution in [0, 0.1) is 13.8 Å². The molecular formula is C16H22N2O6S. The molecule has 1 aliphatic heterocycles. The fourth-order valence-electron chi connectivity index (χ4n) is 2.96. The number of amides is 1. The summed E-state index contributed by atoms with van der Waals surface area (Å²) in [7, 11) is -3.31. The number of aliphatic carboxylic acids is 1. The van der Waals surface area contributed by atoms with Crippen LogP contribution in [-0.4, -0.2) is 62.3 Å². The molecular weight excluding hydrogens is 348 g/mol. The molecule has 0 saturated carbocycles. The van der Waals surface area contributed by atoms with Crippen molar-refractivity contribution in [3.8, 4) is 5.75 Å². The van der Waals surface area contributed by atoms with Gasteiger partial charge in [0.25, 0.3) is 5.91 Å². The van der Waals surface area contributed by atoms with Crippen molar-refractivity contribution < 1.29 is 27.9 Å². The summed E-state index contributed by atoms with van der Waals surface area (Å²) in [6, 6.07) is 3.03. The highest BCUT2D eigenvalue weighted by atomic mass is 32.2. The molecule has 1 fully saturated rings. The molecule has 1 atom stereocenters. The standard InChI is InChI=1S/C16H22N2O6S/c1-10-6-12(7-11(2)15(10)24-9-14(19)20)16(21)18-5-4-13(8-18)17-25(3,22)23/h6-7,13,17H,4-5,8-9H2,1-3H3,(H,19,20). The van der Waals surface area contributed by atoms with Gasteiger partial charge in [0.05, 0.1) is 6.26 Å². The predicted octanol–water partition coefficient (Wildman–Crippen LogP) is 0.531. The van der Waals surface area contributed by atoms with E-state index >= 15 is 0 Å². The minimum atomic E-state index is -3.31. The number of carboxylic acid groups (broad SMARTS) is 1. The van der Waals surface area contributed by atoms with E-state index in [2.05, 4.69) is 4.72 Å². The van der Waals surface area contributed by atoms with Crippen LogP contribution in [0.2, 0.25) is 0 Å². The molecule has 1 unspecified atom stereocenters. The minimum Gasteiger partial charge on any atom is -0.481 e. The molecule has 9 heteroatoms. The van der Waals surface area contributed by atoms with Crippen LogP contribution in [-0.2, 0) is 14.8 Å². The number of benzene rings is 1. The second-order valence-corrected chi connectivity index (χ2v) is 8.03. The lowest BCUT2D eigenvalue weighted by atomic mass is 10.0. The molecule has 1 saturated heterocycles. The quantitative estimate of drug-likeness (QED) is 0.755. The van der Waals surface area contributed by atoms with Crippen molar-refractivity contribution in [2.45, 2.75) is 26.3 Å². The number of hydrogen-bond acceptors (Lipinski definition) is 5. The topological polar surface area (TPSA) is 113 Å². The van der Waals surface area contributed by atoms with Crippen LogP contribution in [0.4, 0.5) is 0 Å². The summed E-state index contributed by atoms with van der Waals surface area (Å²) in [5.74, 6) is -0.800. The molecule has 0 radical (unpaired) electrons. The van der Waals surface area contributed by atoms with Gasteiger partial charge in [0, 0.05) is 24.7 Å². The molecule has 1 aromatic rings. The van der Waals surface area contributed by atoms with Gasteiger partial charge in [-0.2, -0.15) is 0 Å². The number of carboxylic acids is 1. The maximum Gasteiger partial charge on any atom is 0.341 e. The summed E-state index contributed by atoms with van der Waals surface area (Å²) >= 11 is 0. The SMILES string of the molecule is Cc1cc(C(=O)N2CCC(NS(C)(=O)=O)C2)cc(C)c1OCC(=O)O. The van der Waals surface area contributed by atoms with Crippen LogP contribution in [0.25, 0.3) is 0 Å². The third kappa shape index (κ3) is 5.17. The molecule has 2 rings (SSSR count). The van der Waals surface area contributed by atoms with Crippen molar-refractivity contribution in [2.75, 3.05) is 26.0 Å². The van der Waals surface area contributed by atoms with E-state index in [0.717, 1.165) is 6.26 Å². The van der Waals surface area contributed by atoms with E-state index in [0.29, 0.717) is 42.0 Å². The Bertz CT molecular complexity index is 767. The van der Waals surface area contributed by atoms with E-state index in [1.807, 2.05) is 0 Å². The molecule has 0 spiro atoms. The Labute approximate surface area is 146 Å². The first-order chi connectivity index (χ1) is 11.6. The number of hydrogen-bond donors (Lipinski definition) is 2. The normalized spacial score (nSPS) is 17.6. The molecule has 2 N–H and O–H groups in total. The Morgan fingerprint density at radius 1 is 1.32 bits per heavy atom. The lowest BCUT2D eigenvalue weighted by Crippen LogP contribution is -2.37. The molecule has 138 valence electrons. The summed E-state index contributed by atoms with van der Waals surface area (Å²) in [6.45, 7) is 3.85. The van der Waals surface area contributed by atoms with Gasteiger partial charge in [-0.15, -0.1) is 0 Å². The molecule has 1 aromatic carbocycles. The monoisotopic (exact) mass is 370 g/mol. The highest BCUT2D eigenvalue weighted by molar-refractivity contribution is 7.88. The molecule has 25 heavy (non-hydrogen) atoms. The summed E-state index contributed by atoms with van der Waals surface area (Å²) in [5, 5.41) is 8.71. The van der Waals surface area contributed by atoms with Crippen molar-refractivity contribution in [1.29, 1.82) is 0 Å². The minimum absolute atomic E-state index is 0.186. The second-order valence-electron chi connectivity index (χ2n) is 6.25. The van der Waals surface area contributed by atoms with Crippen molar-refractivity contribution in [3.05, 3.63) is 28.8 Å². The van der Waals surface area contributed by atoms with Gasteiger partial charge in [-0.1, -0.05) is 0 Å². The number of carbonyl (C=O) groups excluding carboxylic acids is 1. The lowest BCUT2D eigenvalue weighted by molar-refractivity contribution is -0.139. The second kappa shape index (κ2) is 7.40. The first kappa shape index (κ1) is 19.2. The highest BCUT2D eigenvalue weighted by Gasteiger charge is 2.29. The number of nitrogens with zero attached hydrogens (tertiary/aromatic N) is 1. The van der Waals surface area contributed by atoms with Gasteiger partial charge >= 0.3 is 5.97 Å². The van der Waals surface area contributed by atoms with Crippen LogP contribution >= 0.6 is 0 Å². The van der Waals surface area contributed by atoms with E-state index in [1.165, 1.54) is 0 Å². The predicted molar refractivity (Wildman–Crippen MR) is 91.3 cm³/mol. The number of likely N-dealkylation sites (tertiary alicyclic amines) is 1. The van der Waals surface area contributed by atoms with E-state index in [-0.39, 0.29) is 11.9 Å². The van der Waals surface area contributed by atoms with Gasteiger partial charge in [0.15, 0.2) is 6.61 Å². The fourth-order valence-corrected chi connectivity index (χ4v) is 3.76. The largest absolute Gasteiger partial charge is 0.481 e. The maximum absolute atomic E-state index is 12.7. The number of nitrogens with one attached hydrogen (secondary N) is 1. The smallest absolute Gasteiger partial charge is 0.341 e. The van der Waals surface area contributed by atoms with Crippen molar-refractivity contribution in [2.24, 2.45) is 0 Å². The zero-order valence-corrected chi connectivity index (χ0v) is 15.2. The number of aryl methyl sites for hydroxylation is 2. The Balaban J connectivity index is 2.11. The molecule has 1 heterocycles. The number of rotatable bonds is 6. The van der Waals surface area contributed by atoms with Crippen molar-refractivity contribution in [1.82, 2.24) is 9.62 Å². The van der Waals surface area contributed by atoms with E-state index in [4.69, 9.17) is 9.84 Å². The van der Waals surface area contributed by atoms with E-state index in [9.17, 15) is 18.0 Å². The van der Waals surface area contributed by atoms with Crippen LogP contribution in [0.1, 0.15) is 27.9 Å². The number of carbonyl (C=O) groups is 2. The maximum atomic E-state index is 12.7. The Morgan fingerprint density at radius 2 is 1.92 bits per heavy atom. The van der Waals surface area contributed by atoms with E-state index in [1.54, 1.807) is 30.9 Å². The van der Waals surface area contributed by atoms with Crippen molar-refractivity contribution in [3.63, 3.8) is 0 Å². The van der Waals surface area contributed by atoms with Gasteiger partial charge in [0.1, 0.15) is 5.75 Å². The van der Waals surface area contributed by atoms with Crippen LogP contribution < -0.4 is 9.46 Å². The molecule has 8 nitrogen and oxygen atoms in total. The van der Waals surface area contributed by atoms with Gasteiger partial charge in [-0.05, 0) is 43.5 Å². The Kier molecular flexibility index (Phi) is 5.69. The van der Waals surface area contributed by atoms with Gasteiger partial charge < -0.3 is 14.7 Å². The summed E-state index contributed by atoms with van der Waals surface area (Å²) in [6.07, 6.45) is 1.66. The first-order valence-corrected chi connectivity index (χ1v) is 9.68. The zero-order valence-electron chi connectivity index (χ0n) is 14.4. The van der Waals surface area contributed by atoms with Crippen LogP contribution in [0.3, 0.4) is 0 Å². The Morgan fingerprint density at radius 3 is 2.44 bits per heavy atom. The molecule has 0 aromatic heterocycles. The molecule has 1 amide bonds. The van der Waals surface area contributed by atoms with Gasteiger partial charge in [-0.3, -0.25) is 4.79 Å². The van der Waals surface area contributed by atoms with E-state index < -0.39 is 22.6 Å². The number of sulfonamides is 1. The van der Waals surface area contributed by atoms with Crippen molar-refractivity contribution >= 4 is 21.9 Å². The first-order valence-electron chi connectivity index (χ1n) is 7.79. The lowest BCUT2D eigenvalue weighted by Gasteiger charge is -2.19.